The molecule has 1 unspecified atom stereocenters. The van der Waals surface area contributed by atoms with Gasteiger partial charge in [-0.25, -0.2) is 4.39 Å². The van der Waals surface area contributed by atoms with E-state index in [0.29, 0.717) is 6.54 Å². The quantitative estimate of drug-likeness (QED) is 0.692. The van der Waals surface area contributed by atoms with Crippen molar-refractivity contribution in [1.29, 1.82) is 0 Å². The van der Waals surface area contributed by atoms with Crippen molar-refractivity contribution < 1.29 is 14.0 Å². The Morgan fingerprint density at radius 3 is 2.54 bits per heavy atom. The van der Waals surface area contributed by atoms with Crippen LogP contribution in [-0.2, 0) is 24.4 Å². The molecule has 0 aliphatic carbocycles. The summed E-state index contributed by atoms with van der Waals surface area (Å²) in [6.45, 7) is 5.77. The second-order valence-corrected chi connectivity index (χ2v) is 7.10. The number of amides is 2. The molecular weight excluding hydrogens is 381 g/mol. The van der Waals surface area contributed by atoms with Crippen LogP contribution in [0.5, 0.6) is 0 Å². The zero-order chi connectivity index (χ0) is 19.4. The summed E-state index contributed by atoms with van der Waals surface area (Å²) < 4.78 is 13.8. The summed E-state index contributed by atoms with van der Waals surface area (Å²) in [5, 5.41) is 8.81. The van der Waals surface area contributed by atoms with Crippen LogP contribution in [0.4, 0.5) is 4.39 Å². The molecule has 5 nitrogen and oxygen atoms in total. The minimum atomic E-state index is -0.742. The van der Waals surface area contributed by atoms with Crippen molar-refractivity contribution >= 4 is 24.2 Å². The number of nitrogens with one attached hydrogen (secondary N) is 3. The number of hydrogen-bond acceptors (Lipinski definition) is 3. The Hall–Kier alpha value is -2.44. The Kier molecular flexibility index (Phi) is 7.54. The maximum absolute atomic E-state index is 13.8. The van der Waals surface area contributed by atoms with E-state index in [1.165, 1.54) is 29.3 Å². The molecule has 2 aromatic carbocycles. The van der Waals surface area contributed by atoms with Crippen LogP contribution in [0.2, 0.25) is 0 Å². The molecular formula is C21H25ClFN3O2. The van der Waals surface area contributed by atoms with Crippen molar-refractivity contribution in [3.63, 3.8) is 0 Å². The second-order valence-electron chi connectivity index (χ2n) is 7.10. The highest BCUT2D eigenvalue weighted by Gasteiger charge is 2.25. The number of halogens is 2. The van der Waals surface area contributed by atoms with Gasteiger partial charge in [-0.15, -0.1) is 12.4 Å². The van der Waals surface area contributed by atoms with Crippen molar-refractivity contribution in [1.82, 2.24) is 16.0 Å². The van der Waals surface area contributed by atoms with Gasteiger partial charge in [0.1, 0.15) is 11.9 Å². The first-order chi connectivity index (χ1) is 13.0. The number of fused-ring (bicyclic) bond motifs is 1. The summed E-state index contributed by atoms with van der Waals surface area (Å²) in [5.74, 6) is -1.62. The van der Waals surface area contributed by atoms with Gasteiger partial charge in [0, 0.05) is 19.6 Å². The summed E-state index contributed by atoms with van der Waals surface area (Å²) in [7, 11) is 0. The molecule has 3 rings (SSSR count). The van der Waals surface area contributed by atoms with Gasteiger partial charge >= 0.3 is 0 Å². The van der Waals surface area contributed by atoms with Gasteiger partial charge in [-0.1, -0.05) is 44.2 Å². The third-order valence-corrected chi connectivity index (χ3v) is 4.72. The van der Waals surface area contributed by atoms with Crippen LogP contribution in [0.15, 0.2) is 42.5 Å². The van der Waals surface area contributed by atoms with Crippen LogP contribution in [0.25, 0.3) is 0 Å². The number of hydrogen-bond donors (Lipinski definition) is 3. The lowest BCUT2D eigenvalue weighted by Crippen LogP contribution is -2.49. The van der Waals surface area contributed by atoms with Crippen molar-refractivity contribution in [2.75, 3.05) is 0 Å². The molecule has 28 heavy (non-hydrogen) atoms. The monoisotopic (exact) mass is 405 g/mol. The van der Waals surface area contributed by atoms with E-state index in [2.05, 4.69) is 28.1 Å². The van der Waals surface area contributed by atoms with Crippen molar-refractivity contribution in [2.45, 2.75) is 39.5 Å². The molecule has 0 saturated heterocycles. The van der Waals surface area contributed by atoms with E-state index in [0.717, 1.165) is 18.7 Å². The molecule has 1 atom stereocenters. The average Bonchev–Trinajstić information content (AvgIpc) is 3.12. The Morgan fingerprint density at radius 1 is 1.11 bits per heavy atom. The largest absolute Gasteiger partial charge is 0.350 e. The van der Waals surface area contributed by atoms with Gasteiger partial charge < -0.3 is 16.0 Å². The van der Waals surface area contributed by atoms with Gasteiger partial charge in [0.15, 0.2) is 0 Å². The molecule has 150 valence electrons. The standard InChI is InChI=1S/C21H24FN3O2.ClH/c1-13(2)19(25-20(26)17-5-3-4-6-18(17)22)21(27)24-10-14-7-8-15-11-23-12-16(15)9-14;/h3-9,13,19,23H,10-12H2,1-2H3,(H,24,27)(H,25,26);1H. The van der Waals surface area contributed by atoms with Crippen molar-refractivity contribution in [3.8, 4) is 0 Å². The van der Waals surface area contributed by atoms with Gasteiger partial charge in [-0.3, -0.25) is 9.59 Å². The summed E-state index contributed by atoms with van der Waals surface area (Å²) in [6.07, 6.45) is 0. The summed E-state index contributed by atoms with van der Waals surface area (Å²) in [5.41, 5.74) is 3.47. The molecule has 0 fully saturated rings. The van der Waals surface area contributed by atoms with Gasteiger partial charge in [-0.05, 0) is 34.7 Å². The lowest BCUT2D eigenvalue weighted by atomic mass is 10.0. The molecule has 1 heterocycles. The number of benzene rings is 2. The molecule has 0 radical (unpaired) electrons. The highest BCUT2D eigenvalue weighted by atomic mass is 35.5. The van der Waals surface area contributed by atoms with Crippen LogP contribution < -0.4 is 16.0 Å². The Bertz CT molecular complexity index is 857. The maximum atomic E-state index is 13.8. The van der Waals surface area contributed by atoms with E-state index in [1.807, 2.05) is 19.9 Å². The first-order valence-corrected chi connectivity index (χ1v) is 9.10. The van der Waals surface area contributed by atoms with E-state index >= 15 is 0 Å². The van der Waals surface area contributed by atoms with E-state index in [-0.39, 0.29) is 29.8 Å². The van der Waals surface area contributed by atoms with Gasteiger partial charge in [0.25, 0.3) is 5.91 Å². The minimum Gasteiger partial charge on any atom is -0.350 e. The first kappa shape index (κ1) is 21.9. The van der Waals surface area contributed by atoms with Crippen LogP contribution in [0.3, 0.4) is 0 Å². The fourth-order valence-corrected chi connectivity index (χ4v) is 3.16. The zero-order valence-corrected chi connectivity index (χ0v) is 16.7. The fourth-order valence-electron chi connectivity index (χ4n) is 3.16. The minimum absolute atomic E-state index is 0. The number of carbonyl (C=O) groups excluding carboxylic acids is 2. The highest BCUT2D eigenvalue weighted by Crippen LogP contribution is 2.17. The van der Waals surface area contributed by atoms with Crippen LogP contribution in [0.1, 0.15) is 40.9 Å². The van der Waals surface area contributed by atoms with E-state index in [1.54, 1.807) is 6.07 Å². The molecule has 3 N–H and O–H groups in total. The summed E-state index contributed by atoms with van der Waals surface area (Å²) in [4.78, 5) is 25.0. The molecule has 7 heteroatoms. The fraction of sp³-hybridized carbons (Fsp3) is 0.333. The SMILES string of the molecule is CC(C)C(NC(=O)c1ccccc1F)C(=O)NCc1ccc2c(c1)CNC2.Cl. The molecule has 0 aromatic heterocycles. The molecule has 2 aromatic rings. The zero-order valence-electron chi connectivity index (χ0n) is 15.9. The Labute approximate surface area is 170 Å². The van der Waals surface area contributed by atoms with Crippen molar-refractivity contribution in [3.05, 3.63) is 70.5 Å². The summed E-state index contributed by atoms with van der Waals surface area (Å²) >= 11 is 0. The van der Waals surface area contributed by atoms with Crippen LogP contribution >= 0.6 is 12.4 Å². The normalized spacial score (nSPS) is 13.4. The maximum Gasteiger partial charge on any atom is 0.254 e. The second kappa shape index (κ2) is 9.66. The smallest absolute Gasteiger partial charge is 0.254 e. The Balaban J connectivity index is 0.00000280. The molecule has 0 bridgehead atoms. The van der Waals surface area contributed by atoms with Gasteiger partial charge in [0.05, 0.1) is 5.56 Å². The van der Waals surface area contributed by atoms with Gasteiger partial charge in [0.2, 0.25) is 5.91 Å². The molecule has 0 saturated carbocycles. The van der Waals surface area contributed by atoms with E-state index in [4.69, 9.17) is 0 Å². The van der Waals surface area contributed by atoms with E-state index in [9.17, 15) is 14.0 Å². The Morgan fingerprint density at radius 2 is 1.82 bits per heavy atom. The van der Waals surface area contributed by atoms with Crippen molar-refractivity contribution in [2.24, 2.45) is 5.92 Å². The summed E-state index contributed by atoms with van der Waals surface area (Å²) in [6, 6.07) is 11.1. The van der Waals surface area contributed by atoms with Crippen LogP contribution in [-0.4, -0.2) is 17.9 Å². The predicted octanol–water partition coefficient (Wildman–Crippen LogP) is 2.92. The third-order valence-electron chi connectivity index (χ3n) is 4.72. The predicted molar refractivity (Wildman–Crippen MR) is 109 cm³/mol. The highest BCUT2D eigenvalue weighted by molar-refractivity contribution is 5.97. The number of carbonyl (C=O) groups is 2. The topological polar surface area (TPSA) is 70.2 Å². The first-order valence-electron chi connectivity index (χ1n) is 9.10. The lowest BCUT2D eigenvalue weighted by Gasteiger charge is -2.22. The number of rotatable bonds is 6. The molecule has 1 aliphatic heterocycles. The van der Waals surface area contributed by atoms with Crippen LogP contribution in [0, 0.1) is 11.7 Å². The van der Waals surface area contributed by atoms with E-state index < -0.39 is 17.8 Å². The average molecular weight is 406 g/mol. The molecule has 1 aliphatic rings. The van der Waals surface area contributed by atoms with Gasteiger partial charge in [-0.2, -0.15) is 0 Å². The third kappa shape index (κ3) is 5.09. The lowest BCUT2D eigenvalue weighted by molar-refractivity contribution is -0.124. The molecule has 0 spiro atoms. The molecule has 2 amide bonds.